The van der Waals surface area contributed by atoms with Gasteiger partial charge in [0.15, 0.2) is 6.10 Å². The Morgan fingerprint density at radius 1 is 0.854 bits per heavy atom. The summed E-state index contributed by atoms with van der Waals surface area (Å²) in [5.41, 5.74) is 0. The lowest BCUT2D eigenvalue weighted by Crippen LogP contribution is -2.29. The molecule has 0 aromatic heterocycles. The molecule has 5 N–H and O–H groups in total. The monoisotopic (exact) mass is 704 g/mol. The van der Waals surface area contributed by atoms with Crippen LogP contribution in [0.4, 0.5) is 0 Å². The second-order valence-electron chi connectivity index (χ2n) is 13.4. The van der Waals surface area contributed by atoms with Gasteiger partial charge >= 0.3 is 19.8 Å². The number of hydrogen-bond acceptors (Lipinski definition) is 9. The number of ether oxygens (including phenoxy) is 2. The Morgan fingerprint density at radius 3 is 2.21 bits per heavy atom. The zero-order valence-corrected chi connectivity index (χ0v) is 30.5. The molecule has 0 heterocycles. The Hall–Kier alpha value is -1.59. The van der Waals surface area contributed by atoms with Crippen LogP contribution in [0.5, 0.6) is 0 Å². The molecule has 0 spiro atoms. The molecule has 48 heavy (non-hydrogen) atoms. The molecule has 1 aliphatic carbocycles. The third-order valence-corrected chi connectivity index (χ3v) is 9.57. The van der Waals surface area contributed by atoms with Crippen LogP contribution in [0.25, 0.3) is 0 Å². The van der Waals surface area contributed by atoms with E-state index in [2.05, 4.69) is 25.3 Å². The van der Waals surface area contributed by atoms with Gasteiger partial charge in [0.1, 0.15) is 6.61 Å². The maximum atomic E-state index is 12.3. The largest absolute Gasteiger partial charge is 0.469 e. The molecule has 0 saturated heterocycles. The number of carbonyl (C=O) groups is 2. The predicted octanol–water partition coefficient (Wildman–Crippen LogP) is 6.69. The van der Waals surface area contributed by atoms with Gasteiger partial charge in [0.05, 0.1) is 24.9 Å². The molecule has 1 rings (SSSR count). The van der Waals surface area contributed by atoms with E-state index in [1.807, 2.05) is 18.2 Å². The van der Waals surface area contributed by atoms with Crippen LogP contribution in [-0.2, 0) is 28.2 Å². The molecular weight excluding hydrogens is 639 g/mol. The summed E-state index contributed by atoms with van der Waals surface area (Å²) in [7, 11) is -4.80. The van der Waals surface area contributed by atoms with Gasteiger partial charge in [0.2, 0.25) is 0 Å². The summed E-state index contributed by atoms with van der Waals surface area (Å²) in [4.78, 5) is 42.8. The van der Waals surface area contributed by atoms with Crippen molar-refractivity contribution in [3.8, 4) is 0 Å². The average Bonchev–Trinajstić information content (AvgIpc) is 3.30. The Morgan fingerprint density at radius 2 is 1.52 bits per heavy atom. The summed E-state index contributed by atoms with van der Waals surface area (Å²) < 4.78 is 26.2. The molecule has 1 saturated carbocycles. The number of rotatable bonds is 28. The Balaban J connectivity index is 2.39. The van der Waals surface area contributed by atoms with Crippen molar-refractivity contribution in [3.05, 3.63) is 24.3 Å². The Bertz CT molecular complexity index is 966. The van der Waals surface area contributed by atoms with Crippen molar-refractivity contribution in [2.75, 3.05) is 13.2 Å². The van der Waals surface area contributed by atoms with Gasteiger partial charge in [-0.2, -0.15) is 0 Å². The van der Waals surface area contributed by atoms with Crippen molar-refractivity contribution in [3.63, 3.8) is 0 Å². The van der Waals surface area contributed by atoms with Crippen LogP contribution in [0.3, 0.4) is 0 Å². The molecule has 0 bridgehead atoms. The highest BCUT2D eigenvalue weighted by Crippen LogP contribution is 2.37. The normalized spacial score (nSPS) is 21.9. The Kier molecular flexibility index (Phi) is 24.3. The first-order valence-corrected chi connectivity index (χ1v) is 19.8. The number of phosphoric acid groups is 1. The summed E-state index contributed by atoms with van der Waals surface area (Å²) in [5.74, 6) is -0.724. The number of aliphatic hydroxyl groups excluding tert-OH is 3. The van der Waals surface area contributed by atoms with E-state index < -0.39 is 50.8 Å². The van der Waals surface area contributed by atoms with Gasteiger partial charge in [0.25, 0.3) is 0 Å². The lowest BCUT2D eigenvalue weighted by molar-refractivity contribution is -0.161. The molecule has 1 fully saturated rings. The van der Waals surface area contributed by atoms with Gasteiger partial charge < -0.3 is 34.6 Å². The van der Waals surface area contributed by atoms with E-state index in [-0.39, 0.29) is 31.3 Å². The fourth-order valence-electron chi connectivity index (χ4n) is 5.87. The molecule has 7 atom stereocenters. The number of unbranched alkanes of at least 4 members (excludes halogenated alkanes) is 8. The number of aliphatic hydroxyl groups is 3. The predicted molar refractivity (Wildman–Crippen MR) is 186 cm³/mol. The van der Waals surface area contributed by atoms with Gasteiger partial charge in [-0.1, -0.05) is 109 Å². The zero-order chi connectivity index (χ0) is 35.8. The molecule has 0 aliphatic heterocycles. The average molecular weight is 705 g/mol. The first-order valence-electron chi connectivity index (χ1n) is 18.3. The van der Waals surface area contributed by atoms with Gasteiger partial charge in [0, 0.05) is 25.2 Å². The van der Waals surface area contributed by atoms with Crippen LogP contribution < -0.4 is 0 Å². The SMILES string of the molecule is CCCCC[C@H](O)/C=C/[C@@H]1[C@@H](C/C=C/CCCC(=O)OC[C@H](COP(=O)(O)O)OC(=O)CCCCCCCCC(C)CC)[C@@H](O)C[C@H]1O. The molecule has 0 aromatic rings. The van der Waals surface area contributed by atoms with E-state index in [0.717, 1.165) is 44.4 Å². The summed E-state index contributed by atoms with van der Waals surface area (Å²) in [6.45, 7) is 5.60. The molecule has 1 unspecified atom stereocenters. The molecule has 0 radical (unpaired) electrons. The van der Waals surface area contributed by atoms with Crippen molar-refractivity contribution in [1.29, 1.82) is 0 Å². The standard InChI is InChI=1S/C36H65O11P/c1-4-6-13-19-29(37)23-24-32-31(33(38)25-34(32)39)20-15-11-12-16-21-35(40)45-26-30(27-46-48(42,43)44)47-36(41)22-17-10-8-7-9-14-18-28(3)5-2/h11,15,23-24,28-34,37-39H,4-10,12-14,16-22,25-27H2,1-3H3,(H2,42,43,44)/b15-11+,24-23+/t28?,29-,30+,31+,32+,33-,34+/m0/s1. The van der Waals surface area contributed by atoms with E-state index >= 15 is 0 Å². The summed E-state index contributed by atoms with van der Waals surface area (Å²) >= 11 is 0. The van der Waals surface area contributed by atoms with Gasteiger partial charge in [-0.25, -0.2) is 4.57 Å². The van der Waals surface area contributed by atoms with Crippen molar-refractivity contribution in [2.45, 2.75) is 161 Å². The fourth-order valence-corrected chi connectivity index (χ4v) is 6.23. The second kappa shape index (κ2) is 26.3. The smallest absolute Gasteiger partial charge is 0.462 e. The maximum Gasteiger partial charge on any atom is 0.469 e. The van der Waals surface area contributed by atoms with Crippen LogP contribution in [0, 0.1) is 17.8 Å². The lowest BCUT2D eigenvalue weighted by atomic mass is 9.89. The van der Waals surface area contributed by atoms with Crippen LogP contribution in [0.15, 0.2) is 24.3 Å². The number of phosphoric ester groups is 1. The third-order valence-electron chi connectivity index (χ3n) is 9.08. The maximum absolute atomic E-state index is 12.3. The summed E-state index contributed by atoms with van der Waals surface area (Å²) in [6.07, 6.45) is 18.8. The van der Waals surface area contributed by atoms with Crippen molar-refractivity contribution >= 4 is 19.8 Å². The molecule has 0 aromatic carbocycles. The van der Waals surface area contributed by atoms with Crippen LogP contribution >= 0.6 is 7.82 Å². The molecule has 280 valence electrons. The van der Waals surface area contributed by atoms with Crippen LogP contribution in [0.2, 0.25) is 0 Å². The Labute approximate surface area is 288 Å². The third kappa shape index (κ3) is 22.2. The van der Waals surface area contributed by atoms with E-state index in [9.17, 15) is 29.5 Å². The highest BCUT2D eigenvalue weighted by Gasteiger charge is 2.39. The number of allylic oxidation sites excluding steroid dienone is 2. The minimum atomic E-state index is -4.80. The summed E-state index contributed by atoms with van der Waals surface area (Å²) in [5, 5.41) is 31.1. The second-order valence-corrected chi connectivity index (χ2v) is 14.7. The van der Waals surface area contributed by atoms with E-state index in [1.54, 1.807) is 6.08 Å². The fraction of sp³-hybridized carbons (Fsp3) is 0.833. The first-order chi connectivity index (χ1) is 22.9. The molecule has 0 amide bonds. The first kappa shape index (κ1) is 44.4. The van der Waals surface area contributed by atoms with Crippen LogP contribution in [-0.4, -0.2) is 74.7 Å². The van der Waals surface area contributed by atoms with E-state index in [0.29, 0.717) is 38.5 Å². The summed E-state index contributed by atoms with van der Waals surface area (Å²) in [6, 6.07) is 0. The number of carbonyl (C=O) groups excluding carboxylic acids is 2. The van der Waals surface area contributed by atoms with Crippen molar-refractivity contribution < 1.29 is 53.3 Å². The van der Waals surface area contributed by atoms with Gasteiger partial charge in [-0.05, 0) is 43.9 Å². The highest BCUT2D eigenvalue weighted by atomic mass is 31.2. The molecule has 12 heteroatoms. The zero-order valence-electron chi connectivity index (χ0n) is 29.6. The molecule has 1 aliphatic rings. The number of hydrogen-bond donors (Lipinski definition) is 5. The van der Waals surface area contributed by atoms with Gasteiger partial charge in [-0.15, -0.1) is 0 Å². The minimum Gasteiger partial charge on any atom is -0.462 e. The van der Waals surface area contributed by atoms with Gasteiger partial charge in [-0.3, -0.25) is 14.1 Å². The van der Waals surface area contributed by atoms with Crippen molar-refractivity contribution in [1.82, 2.24) is 0 Å². The molecule has 11 nitrogen and oxygen atoms in total. The van der Waals surface area contributed by atoms with Crippen molar-refractivity contribution in [2.24, 2.45) is 17.8 Å². The van der Waals surface area contributed by atoms with E-state index in [4.69, 9.17) is 19.3 Å². The highest BCUT2D eigenvalue weighted by molar-refractivity contribution is 7.46. The minimum absolute atomic E-state index is 0.0910. The lowest BCUT2D eigenvalue weighted by Gasteiger charge is -2.19. The molecular formula is C36H65O11P. The number of esters is 2. The quantitative estimate of drug-likeness (QED) is 0.0253. The van der Waals surface area contributed by atoms with E-state index in [1.165, 1.54) is 25.7 Å². The van der Waals surface area contributed by atoms with Crippen LogP contribution in [0.1, 0.15) is 136 Å². The topological polar surface area (TPSA) is 180 Å².